The third-order valence-corrected chi connectivity index (χ3v) is 3.75. The molecule has 1 unspecified atom stereocenters. The zero-order valence-electron chi connectivity index (χ0n) is 12.6. The average molecular weight is 334 g/mol. The second-order valence-electron chi connectivity index (χ2n) is 5.60. The minimum absolute atomic E-state index is 0.0380. The fourth-order valence-electron chi connectivity index (χ4n) is 2.55. The number of nitrogens with zero attached hydrogens (tertiary/aromatic N) is 3. The summed E-state index contributed by atoms with van der Waals surface area (Å²) in [7, 11) is 0. The summed E-state index contributed by atoms with van der Waals surface area (Å²) in [5.74, 6) is -1.94. The second kappa shape index (κ2) is 6.36. The quantitative estimate of drug-likeness (QED) is 0.836. The first kappa shape index (κ1) is 16.1. The van der Waals surface area contributed by atoms with Crippen molar-refractivity contribution in [3.05, 3.63) is 42.0 Å². The van der Waals surface area contributed by atoms with Gasteiger partial charge in [-0.2, -0.15) is 9.90 Å². The number of carboxylic acids is 1. The van der Waals surface area contributed by atoms with Crippen LogP contribution in [0.25, 0.3) is 5.69 Å². The van der Waals surface area contributed by atoms with Crippen LogP contribution in [-0.2, 0) is 9.53 Å². The number of hydrogen-bond donors (Lipinski definition) is 2. The van der Waals surface area contributed by atoms with Gasteiger partial charge in [0.2, 0.25) is 0 Å². The molecule has 0 radical (unpaired) electrons. The topological polar surface area (TPSA) is 106 Å². The first-order valence-corrected chi connectivity index (χ1v) is 7.28. The van der Waals surface area contributed by atoms with Crippen molar-refractivity contribution in [2.75, 3.05) is 13.2 Å². The smallest absolute Gasteiger partial charge is 0.305 e. The highest BCUT2D eigenvalue weighted by Gasteiger charge is 2.39. The van der Waals surface area contributed by atoms with Crippen LogP contribution in [0, 0.1) is 5.82 Å². The van der Waals surface area contributed by atoms with E-state index in [4.69, 9.17) is 9.84 Å². The van der Waals surface area contributed by atoms with Crippen molar-refractivity contribution in [1.82, 2.24) is 20.3 Å². The van der Waals surface area contributed by atoms with Gasteiger partial charge in [0.25, 0.3) is 5.91 Å². The molecule has 1 amide bonds. The van der Waals surface area contributed by atoms with E-state index >= 15 is 0 Å². The number of nitrogens with one attached hydrogen (secondary N) is 1. The molecule has 1 atom stereocenters. The highest BCUT2D eigenvalue weighted by Crippen LogP contribution is 2.23. The van der Waals surface area contributed by atoms with E-state index in [1.807, 2.05) is 0 Å². The molecule has 1 aromatic carbocycles. The van der Waals surface area contributed by atoms with Crippen molar-refractivity contribution >= 4 is 11.9 Å². The zero-order valence-corrected chi connectivity index (χ0v) is 12.6. The molecule has 1 fully saturated rings. The number of ether oxygens (including phenoxy) is 1. The van der Waals surface area contributed by atoms with Crippen LogP contribution in [-0.4, -0.2) is 50.7 Å². The number of rotatable bonds is 5. The fraction of sp³-hybridized carbons (Fsp3) is 0.333. The molecule has 9 heteroatoms. The number of carbonyl (C=O) groups excluding carboxylic acids is 1. The molecular formula is C15H15FN4O4. The van der Waals surface area contributed by atoms with E-state index in [9.17, 15) is 14.0 Å². The van der Waals surface area contributed by atoms with Crippen LogP contribution in [0.2, 0.25) is 0 Å². The van der Waals surface area contributed by atoms with E-state index in [0.29, 0.717) is 18.7 Å². The number of carbonyl (C=O) groups is 2. The van der Waals surface area contributed by atoms with Gasteiger partial charge in [0, 0.05) is 6.61 Å². The average Bonchev–Trinajstić information content (AvgIpc) is 3.17. The third kappa shape index (κ3) is 3.40. The monoisotopic (exact) mass is 334 g/mol. The summed E-state index contributed by atoms with van der Waals surface area (Å²) in [6, 6.07) is 5.48. The molecule has 0 saturated carbocycles. The van der Waals surface area contributed by atoms with Crippen LogP contribution >= 0.6 is 0 Å². The van der Waals surface area contributed by atoms with Crippen molar-refractivity contribution in [3.63, 3.8) is 0 Å². The van der Waals surface area contributed by atoms with E-state index in [1.165, 1.54) is 35.3 Å². The van der Waals surface area contributed by atoms with Gasteiger partial charge in [0.1, 0.15) is 5.82 Å². The molecule has 3 rings (SSSR count). The van der Waals surface area contributed by atoms with Gasteiger partial charge in [-0.3, -0.25) is 9.59 Å². The van der Waals surface area contributed by atoms with Crippen molar-refractivity contribution < 1.29 is 23.8 Å². The van der Waals surface area contributed by atoms with E-state index in [1.54, 1.807) is 0 Å². The lowest BCUT2D eigenvalue weighted by Crippen LogP contribution is -2.50. The van der Waals surface area contributed by atoms with Crippen molar-refractivity contribution in [1.29, 1.82) is 0 Å². The highest BCUT2D eigenvalue weighted by molar-refractivity contribution is 5.92. The normalized spacial score (nSPS) is 20.0. The van der Waals surface area contributed by atoms with Crippen molar-refractivity contribution in [3.8, 4) is 5.69 Å². The van der Waals surface area contributed by atoms with Gasteiger partial charge in [0.15, 0.2) is 5.69 Å². The number of amides is 1. The first-order valence-electron chi connectivity index (χ1n) is 7.28. The molecule has 2 heterocycles. The van der Waals surface area contributed by atoms with Gasteiger partial charge in [0.05, 0.1) is 30.5 Å². The molecule has 1 aliphatic rings. The molecule has 1 aliphatic heterocycles. The van der Waals surface area contributed by atoms with Crippen molar-refractivity contribution in [2.24, 2.45) is 0 Å². The Labute approximate surface area is 136 Å². The summed E-state index contributed by atoms with van der Waals surface area (Å²) >= 11 is 0. The lowest BCUT2D eigenvalue weighted by atomic mass is 9.94. The predicted molar refractivity (Wildman–Crippen MR) is 79.2 cm³/mol. The molecule has 24 heavy (non-hydrogen) atoms. The minimum atomic E-state index is -1.02. The number of benzene rings is 1. The maximum absolute atomic E-state index is 12.9. The summed E-state index contributed by atoms with van der Waals surface area (Å²) in [5.41, 5.74) is -0.404. The van der Waals surface area contributed by atoms with Gasteiger partial charge in [-0.1, -0.05) is 0 Å². The van der Waals surface area contributed by atoms with Gasteiger partial charge >= 0.3 is 5.97 Å². The van der Waals surface area contributed by atoms with Crippen LogP contribution in [0.4, 0.5) is 4.39 Å². The number of aromatic nitrogens is 3. The lowest BCUT2D eigenvalue weighted by molar-refractivity contribution is -0.138. The van der Waals surface area contributed by atoms with E-state index in [2.05, 4.69) is 15.5 Å². The first-order chi connectivity index (χ1) is 11.5. The second-order valence-corrected chi connectivity index (χ2v) is 5.60. The SMILES string of the molecule is O=C(O)CC1(NC(=O)c2cnn(-c3ccc(F)cc3)n2)CCOC1. The van der Waals surface area contributed by atoms with Crippen LogP contribution in [0.1, 0.15) is 23.3 Å². The summed E-state index contributed by atoms with van der Waals surface area (Å²) in [6.45, 7) is 0.521. The Morgan fingerprint density at radius 1 is 1.38 bits per heavy atom. The van der Waals surface area contributed by atoms with Gasteiger partial charge < -0.3 is 15.2 Å². The molecule has 8 nitrogen and oxygen atoms in total. The maximum atomic E-state index is 12.9. The molecular weight excluding hydrogens is 319 g/mol. The Morgan fingerprint density at radius 2 is 2.12 bits per heavy atom. The Morgan fingerprint density at radius 3 is 2.75 bits per heavy atom. The van der Waals surface area contributed by atoms with Crippen LogP contribution < -0.4 is 5.32 Å². The molecule has 126 valence electrons. The molecule has 0 spiro atoms. The van der Waals surface area contributed by atoms with Gasteiger partial charge in [-0.25, -0.2) is 4.39 Å². The van der Waals surface area contributed by atoms with E-state index < -0.39 is 17.4 Å². The molecule has 2 N–H and O–H groups in total. The number of halogens is 1. The summed E-state index contributed by atoms with van der Waals surface area (Å²) in [6.07, 6.45) is 1.45. The van der Waals surface area contributed by atoms with Crippen molar-refractivity contribution in [2.45, 2.75) is 18.4 Å². The number of aliphatic carboxylic acids is 1. The lowest BCUT2D eigenvalue weighted by Gasteiger charge is -2.26. The zero-order chi connectivity index (χ0) is 17.2. The van der Waals surface area contributed by atoms with Gasteiger partial charge in [-0.15, -0.1) is 5.10 Å². The number of carboxylic acid groups (broad SMARTS) is 1. The molecule has 1 aromatic heterocycles. The Bertz CT molecular complexity index is 753. The Kier molecular flexibility index (Phi) is 4.26. The van der Waals surface area contributed by atoms with Crippen LogP contribution in [0.5, 0.6) is 0 Å². The molecule has 2 aromatic rings. The highest BCUT2D eigenvalue weighted by atomic mass is 19.1. The van der Waals surface area contributed by atoms with E-state index in [-0.39, 0.29) is 24.5 Å². The predicted octanol–water partition coefficient (Wildman–Crippen LogP) is 0.770. The van der Waals surface area contributed by atoms with Gasteiger partial charge in [-0.05, 0) is 30.7 Å². The molecule has 0 bridgehead atoms. The third-order valence-electron chi connectivity index (χ3n) is 3.75. The summed E-state index contributed by atoms with van der Waals surface area (Å²) in [5, 5.41) is 19.7. The number of hydrogen-bond acceptors (Lipinski definition) is 5. The fourth-order valence-corrected chi connectivity index (χ4v) is 2.55. The summed E-state index contributed by atoms with van der Waals surface area (Å²) < 4.78 is 18.2. The Balaban J connectivity index is 1.75. The maximum Gasteiger partial charge on any atom is 0.305 e. The minimum Gasteiger partial charge on any atom is -0.481 e. The largest absolute Gasteiger partial charge is 0.481 e. The van der Waals surface area contributed by atoms with Crippen LogP contribution in [0.3, 0.4) is 0 Å². The van der Waals surface area contributed by atoms with Crippen LogP contribution in [0.15, 0.2) is 30.5 Å². The van der Waals surface area contributed by atoms with E-state index in [0.717, 1.165) is 0 Å². The molecule has 1 saturated heterocycles. The molecule has 0 aliphatic carbocycles. The standard InChI is InChI=1S/C15H15FN4O4/c16-10-1-3-11(4-2-10)20-17-8-12(19-20)14(23)18-15(7-13(21)22)5-6-24-9-15/h1-4,8H,5-7,9H2,(H,18,23)(H,21,22). The Hall–Kier alpha value is -2.81. The summed E-state index contributed by atoms with van der Waals surface area (Å²) in [4.78, 5) is 24.6.